The number of carbonyl (C=O) groups excluding carboxylic acids is 2. The zero-order chi connectivity index (χ0) is 16.4. The molecule has 1 aliphatic rings. The number of hydrogen-bond acceptors (Lipinski definition) is 2. The molecule has 0 radical (unpaired) electrons. The van der Waals surface area contributed by atoms with Gasteiger partial charge in [-0.15, -0.1) is 0 Å². The minimum atomic E-state index is -1.00. The fraction of sp³-hybridized carbons (Fsp3) is 0.176. The average molecular weight is 349 g/mol. The van der Waals surface area contributed by atoms with Crippen LogP contribution in [0, 0.1) is 5.41 Å². The highest BCUT2D eigenvalue weighted by atomic mass is 35.5. The lowest BCUT2D eigenvalue weighted by Crippen LogP contribution is -2.35. The van der Waals surface area contributed by atoms with Crippen LogP contribution < -0.4 is 10.6 Å². The summed E-state index contributed by atoms with van der Waals surface area (Å²) < 4.78 is 0. The van der Waals surface area contributed by atoms with Gasteiger partial charge in [0.15, 0.2) is 0 Å². The lowest BCUT2D eigenvalue weighted by molar-refractivity contribution is -0.131. The van der Waals surface area contributed by atoms with E-state index in [1.54, 1.807) is 48.5 Å². The molecule has 0 saturated heterocycles. The summed E-state index contributed by atoms with van der Waals surface area (Å²) in [5, 5.41) is 6.71. The second-order valence-electron chi connectivity index (χ2n) is 5.50. The largest absolute Gasteiger partial charge is 0.325 e. The molecule has 2 amide bonds. The van der Waals surface area contributed by atoms with E-state index in [2.05, 4.69) is 10.6 Å². The Bertz CT molecular complexity index is 677. The summed E-state index contributed by atoms with van der Waals surface area (Å²) in [6.07, 6.45) is 1.07. The highest BCUT2D eigenvalue weighted by Crippen LogP contribution is 2.47. The maximum Gasteiger partial charge on any atom is 0.240 e. The predicted octanol–water partition coefficient (Wildman–Crippen LogP) is 4.35. The van der Waals surface area contributed by atoms with Gasteiger partial charge in [0, 0.05) is 21.4 Å². The summed E-state index contributed by atoms with van der Waals surface area (Å²) >= 11 is 11.6. The fourth-order valence-corrected chi connectivity index (χ4v) is 2.50. The monoisotopic (exact) mass is 348 g/mol. The van der Waals surface area contributed by atoms with Crippen LogP contribution in [0.2, 0.25) is 10.0 Å². The second-order valence-corrected chi connectivity index (χ2v) is 6.38. The summed E-state index contributed by atoms with van der Waals surface area (Å²) in [5.41, 5.74) is 0.231. The van der Waals surface area contributed by atoms with Gasteiger partial charge >= 0.3 is 0 Å². The Hall–Kier alpha value is -2.04. The number of rotatable bonds is 4. The van der Waals surface area contributed by atoms with Crippen molar-refractivity contribution in [2.45, 2.75) is 12.8 Å². The minimum Gasteiger partial charge on any atom is -0.325 e. The molecule has 1 fully saturated rings. The second kappa shape index (κ2) is 6.22. The zero-order valence-corrected chi connectivity index (χ0v) is 13.6. The molecule has 0 aliphatic heterocycles. The lowest BCUT2D eigenvalue weighted by Gasteiger charge is -2.15. The Kier molecular flexibility index (Phi) is 4.28. The molecule has 118 valence electrons. The van der Waals surface area contributed by atoms with Gasteiger partial charge in [0.05, 0.1) is 0 Å². The van der Waals surface area contributed by atoms with Crippen molar-refractivity contribution in [1.82, 2.24) is 0 Å². The molecule has 4 nitrogen and oxygen atoms in total. The Morgan fingerprint density at radius 1 is 0.739 bits per heavy atom. The van der Waals surface area contributed by atoms with E-state index in [1.807, 2.05) is 0 Å². The van der Waals surface area contributed by atoms with Gasteiger partial charge in [0.25, 0.3) is 0 Å². The average Bonchev–Trinajstić information content (AvgIpc) is 3.34. The number of carbonyl (C=O) groups is 2. The third kappa shape index (κ3) is 3.49. The lowest BCUT2D eigenvalue weighted by atomic mass is 10.0. The molecule has 0 spiro atoms. The van der Waals surface area contributed by atoms with Gasteiger partial charge < -0.3 is 10.6 Å². The Balaban J connectivity index is 1.68. The number of halogens is 2. The molecule has 0 aromatic heterocycles. The molecule has 6 heteroatoms. The van der Waals surface area contributed by atoms with Crippen molar-refractivity contribution in [3.05, 3.63) is 58.6 Å². The van der Waals surface area contributed by atoms with Crippen molar-refractivity contribution in [2.24, 2.45) is 5.41 Å². The van der Waals surface area contributed by atoms with E-state index < -0.39 is 5.41 Å². The summed E-state index contributed by atoms with van der Waals surface area (Å²) in [5.74, 6) is -0.599. The molecule has 23 heavy (non-hydrogen) atoms. The van der Waals surface area contributed by atoms with Gasteiger partial charge in [0.1, 0.15) is 5.41 Å². The highest BCUT2D eigenvalue weighted by Gasteiger charge is 2.56. The molecule has 0 atom stereocenters. The van der Waals surface area contributed by atoms with Crippen molar-refractivity contribution in [3.8, 4) is 0 Å². The van der Waals surface area contributed by atoms with Gasteiger partial charge in [-0.2, -0.15) is 0 Å². The van der Waals surface area contributed by atoms with E-state index in [0.29, 0.717) is 34.3 Å². The molecule has 2 N–H and O–H groups in total. The van der Waals surface area contributed by atoms with Crippen LogP contribution in [0.5, 0.6) is 0 Å². The Morgan fingerprint density at radius 3 is 1.39 bits per heavy atom. The van der Waals surface area contributed by atoms with E-state index in [1.165, 1.54) is 0 Å². The number of amides is 2. The molecule has 0 bridgehead atoms. The minimum absolute atomic E-state index is 0.300. The molecular weight excluding hydrogens is 335 g/mol. The number of benzene rings is 2. The van der Waals surface area contributed by atoms with Crippen LogP contribution in [-0.2, 0) is 9.59 Å². The molecule has 2 aromatic carbocycles. The Labute approximate surface area is 143 Å². The first kappa shape index (κ1) is 15.8. The quantitative estimate of drug-likeness (QED) is 0.807. The summed E-state index contributed by atoms with van der Waals surface area (Å²) in [4.78, 5) is 24.9. The number of anilines is 2. The van der Waals surface area contributed by atoms with Crippen molar-refractivity contribution in [3.63, 3.8) is 0 Å². The highest BCUT2D eigenvalue weighted by molar-refractivity contribution is 6.31. The maximum absolute atomic E-state index is 12.4. The third-order valence-corrected chi connectivity index (χ3v) is 4.33. The third-order valence-electron chi connectivity index (χ3n) is 3.82. The number of hydrogen-bond donors (Lipinski definition) is 2. The SMILES string of the molecule is O=C(Nc1ccc(Cl)cc1)C1(C(=O)Nc2ccc(Cl)cc2)CC1. The molecule has 2 aromatic rings. The Morgan fingerprint density at radius 2 is 1.09 bits per heavy atom. The van der Waals surface area contributed by atoms with Crippen molar-refractivity contribution in [2.75, 3.05) is 10.6 Å². The first-order chi connectivity index (χ1) is 11.0. The standard InChI is InChI=1S/C17H14Cl2N2O2/c18-11-1-5-13(6-2-11)20-15(22)17(9-10-17)16(23)21-14-7-3-12(19)4-8-14/h1-8H,9-10H2,(H,20,22)(H,21,23). The fourth-order valence-electron chi connectivity index (χ4n) is 2.25. The van der Waals surface area contributed by atoms with Crippen LogP contribution in [0.3, 0.4) is 0 Å². The topological polar surface area (TPSA) is 58.2 Å². The molecule has 1 aliphatic carbocycles. The smallest absolute Gasteiger partial charge is 0.240 e. The van der Waals surface area contributed by atoms with Gasteiger partial charge in [-0.1, -0.05) is 23.2 Å². The van der Waals surface area contributed by atoms with Crippen LogP contribution in [0.25, 0.3) is 0 Å². The van der Waals surface area contributed by atoms with Crippen molar-refractivity contribution in [1.29, 1.82) is 0 Å². The maximum atomic E-state index is 12.4. The van der Waals surface area contributed by atoms with E-state index in [9.17, 15) is 9.59 Å². The summed E-state index contributed by atoms with van der Waals surface area (Å²) in [6.45, 7) is 0. The first-order valence-corrected chi connectivity index (χ1v) is 7.89. The number of nitrogens with one attached hydrogen (secondary N) is 2. The van der Waals surface area contributed by atoms with Gasteiger partial charge in [0.2, 0.25) is 11.8 Å². The van der Waals surface area contributed by atoms with E-state index in [0.717, 1.165) is 0 Å². The van der Waals surface area contributed by atoms with Crippen LogP contribution >= 0.6 is 23.2 Å². The van der Waals surface area contributed by atoms with Crippen LogP contribution in [-0.4, -0.2) is 11.8 Å². The molecule has 0 heterocycles. The van der Waals surface area contributed by atoms with Crippen LogP contribution in [0.15, 0.2) is 48.5 Å². The molecule has 0 unspecified atom stereocenters. The van der Waals surface area contributed by atoms with E-state index >= 15 is 0 Å². The van der Waals surface area contributed by atoms with Crippen molar-refractivity contribution >= 4 is 46.4 Å². The van der Waals surface area contributed by atoms with E-state index in [-0.39, 0.29) is 11.8 Å². The van der Waals surface area contributed by atoms with Gasteiger partial charge in [-0.25, -0.2) is 0 Å². The van der Waals surface area contributed by atoms with Crippen molar-refractivity contribution < 1.29 is 9.59 Å². The molecule has 1 saturated carbocycles. The predicted molar refractivity (Wildman–Crippen MR) is 91.8 cm³/mol. The van der Waals surface area contributed by atoms with Crippen LogP contribution in [0.4, 0.5) is 11.4 Å². The normalized spacial score (nSPS) is 14.9. The summed E-state index contributed by atoms with van der Waals surface area (Å²) in [7, 11) is 0. The zero-order valence-electron chi connectivity index (χ0n) is 12.1. The summed E-state index contributed by atoms with van der Waals surface area (Å²) in [6, 6.07) is 13.5. The van der Waals surface area contributed by atoms with Gasteiger partial charge in [-0.05, 0) is 61.4 Å². The first-order valence-electron chi connectivity index (χ1n) is 7.14. The molecule has 3 rings (SSSR count). The molecular formula is C17H14Cl2N2O2. The van der Waals surface area contributed by atoms with Gasteiger partial charge in [-0.3, -0.25) is 9.59 Å². The van der Waals surface area contributed by atoms with E-state index in [4.69, 9.17) is 23.2 Å². The van der Waals surface area contributed by atoms with Crippen LogP contribution in [0.1, 0.15) is 12.8 Å².